The number of methoxy groups -OCH3 is 2. The highest BCUT2D eigenvalue weighted by Gasteiger charge is 2.31. The van der Waals surface area contributed by atoms with Gasteiger partial charge in [-0.3, -0.25) is 4.90 Å². The zero-order valence-corrected chi connectivity index (χ0v) is 24.4. The minimum atomic E-state index is 0.245. The smallest absolute Gasteiger partial charge is 0.316 e. The van der Waals surface area contributed by atoms with E-state index in [4.69, 9.17) is 25.7 Å². The van der Waals surface area contributed by atoms with Crippen LogP contribution < -0.4 is 16.2 Å². The molecule has 1 aliphatic heterocycles. The molecule has 4 aromatic rings. The normalized spacial score (nSPS) is 16.3. The average Bonchev–Trinajstić information content (AvgIpc) is 3.55. The highest BCUT2D eigenvalue weighted by Crippen LogP contribution is 2.29. The number of aromatic nitrogens is 4. The number of carbonyl (C=O) groups excluding carboxylic acids is 1. The Labute approximate surface area is 242 Å². The lowest BCUT2D eigenvalue weighted by molar-refractivity contribution is -0.0980. The number of nitrogen functional groups attached to an aromatic ring is 1. The summed E-state index contributed by atoms with van der Waals surface area (Å²) in [5.41, 5.74) is 18.7. The molecule has 10 heteroatoms. The molecule has 0 radical (unpaired) electrons. The van der Waals surface area contributed by atoms with E-state index >= 15 is 0 Å². The summed E-state index contributed by atoms with van der Waals surface area (Å²) < 4.78 is 11.8. The summed E-state index contributed by atoms with van der Waals surface area (Å²) in [6.45, 7) is 9.95. The predicted octanol–water partition coefficient (Wildman–Crippen LogP) is 3.67. The summed E-state index contributed by atoms with van der Waals surface area (Å²) in [4.78, 5) is 18.6. The van der Waals surface area contributed by atoms with Crippen LogP contribution in [0.2, 0.25) is 0 Å². The van der Waals surface area contributed by atoms with E-state index in [0.717, 1.165) is 55.2 Å². The van der Waals surface area contributed by atoms with E-state index < -0.39 is 0 Å². The minimum absolute atomic E-state index is 0.245. The molecule has 2 aromatic carbocycles. The van der Waals surface area contributed by atoms with Crippen molar-refractivity contribution < 1.29 is 14.3 Å². The molecule has 41 heavy (non-hydrogen) atoms. The summed E-state index contributed by atoms with van der Waals surface area (Å²) in [6, 6.07) is 19.0. The molecule has 2 aromatic heterocycles. The fourth-order valence-corrected chi connectivity index (χ4v) is 4.96. The molecule has 4 N–H and O–H groups in total. The summed E-state index contributed by atoms with van der Waals surface area (Å²) >= 11 is 0. The number of rotatable bonds is 8. The van der Waals surface area contributed by atoms with Crippen LogP contribution in [0.25, 0.3) is 16.9 Å². The number of hydrogen-bond donors (Lipinski definition) is 2. The maximum absolute atomic E-state index is 8.00. The fraction of sp³-hybridized carbons (Fsp3) is 0.355. The molecule has 1 aliphatic rings. The molecule has 0 aliphatic carbocycles. The average molecular weight is 560 g/mol. The van der Waals surface area contributed by atoms with Gasteiger partial charge in [0.15, 0.2) is 0 Å². The lowest BCUT2D eigenvalue weighted by Gasteiger charge is -2.18. The van der Waals surface area contributed by atoms with Crippen molar-refractivity contribution in [2.24, 2.45) is 5.73 Å². The molecule has 10 nitrogen and oxygen atoms in total. The van der Waals surface area contributed by atoms with Crippen molar-refractivity contribution in [3.8, 4) is 23.0 Å². The Balaban J connectivity index is 0.000000215. The number of carbonyl (C=O) groups is 1. The predicted molar refractivity (Wildman–Crippen MR) is 162 cm³/mol. The maximum Gasteiger partial charge on any atom is 0.316 e. The van der Waals surface area contributed by atoms with Crippen molar-refractivity contribution in [1.82, 2.24) is 24.6 Å². The van der Waals surface area contributed by atoms with E-state index in [-0.39, 0.29) is 6.04 Å². The van der Waals surface area contributed by atoms with Crippen LogP contribution in [0, 0.1) is 6.92 Å². The van der Waals surface area contributed by atoms with Crippen molar-refractivity contribution in [2.45, 2.75) is 32.2 Å². The van der Waals surface area contributed by atoms with Gasteiger partial charge in [0.1, 0.15) is 18.3 Å². The Kier molecular flexibility index (Phi) is 12.0. The number of para-hydroxylation sites is 1. The molecule has 0 saturated carbocycles. The van der Waals surface area contributed by atoms with Gasteiger partial charge in [-0.05, 0) is 36.6 Å². The van der Waals surface area contributed by atoms with Gasteiger partial charge in [0.2, 0.25) is 0 Å². The van der Waals surface area contributed by atoms with Crippen LogP contribution in [0.4, 0.5) is 5.82 Å². The molecule has 3 heterocycles. The number of nitrogens with two attached hydrogens (primary N) is 2. The van der Waals surface area contributed by atoms with Gasteiger partial charge in [0.05, 0.1) is 19.4 Å². The van der Waals surface area contributed by atoms with Crippen LogP contribution in [0.1, 0.15) is 29.5 Å². The Bertz CT molecular complexity index is 1350. The third kappa shape index (κ3) is 7.75. The standard InChI is InChI=1S/C15H15N5O.C15H24N2O.CH2O/c1-10-13(11-8-17-15(21-2)18-9-11)19-20(14(10)16)12-6-4-3-5-7-12;1-3-12-6-4-5-7-13(12)14-10-17(8-9-18-2)11-15(14)16;1-2/h3-9H,16H2,1-2H3;4-7,14-15H,3,8-11,16H2,1-2H3;1H2/t;14-,15?;/m.0./s1. The van der Waals surface area contributed by atoms with Crippen molar-refractivity contribution >= 4 is 12.6 Å². The third-order valence-corrected chi connectivity index (χ3v) is 7.14. The van der Waals surface area contributed by atoms with Gasteiger partial charge in [-0.1, -0.05) is 49.4 Å². The summed E-state index contributed by atoms with van der Waals surface area (Å²) in [5, 5.41) is 4.58. The molecular weight excluding hydrogens is 518 g/mol. The largest absolute Gasteiger partial charge is 0.467 e. The van der Waals surface area contributed by atoms with Crippen molar-refractivity contribution in [3.05, 3.63) is 83.7 Å². The lowest BCUT2D eigenvalue weighted by Crippen LogP contribution is -2.30. The van der Waals surface area contributed by atoms with E-state index in [9.17, 15) is 0 Å². The first kappa shape index (κ1) is 31.4. The van der Waals surface area contributed by atoms with Gasteiger partial charge in [-0.15, -0.1) is 0 Å². The maximum atomic E-state index is 8.00. The summed E-state index contributed by atoms with van der Waals surface area (Å²) in [6.07, 6.45) is 4.43. The Morgan fingerprint density at radius 3 is 2.29 bits per heavy atom. The van der Waals surface area contributed by atoms with E-state index in [0.29, 0.717) is 17.7 Å². The van der Waals surface area contributed by atoms with E-state index in [1.165, 1.54) is 18.2 Å². The second-order valence-electron chi connectivity index (χ2n) is 9.64. The number of nitrogens with zero attached hydrogens (tertiary/aromatic N) is 5. The van der Waals surface area contributed by atoms with Gasteiger partial charge < -0.3 is 25.7 Å². The van der Waals surface area contributed by atoms with Gasteiger partial charge in [-0.2, -0.15) is 5.10 Å². The van der Waals surface area contributed by atoms with Crippen LogP contribution in [-0.2, 0) is 16.0 Å². The van der Waals surface area contributed by atoms with Crippen molar-refractivity contribution in [3.63, 3.8) is 0 Å². The quantitative estimate of drug-likeness (QED) is 0.332. The molecular formula is C31H41N7O3. The fourth-order valence-electron chi connectivity index (χ4n) is 4.96. The molecule has 0 bridgehead atoms. The number of likely N-dealkylation sites (tertiary alicyclic amines) is 1. The molecule has 1 fully saturated rings. The Hall–Kier alpha value is -4.12. The van der Waals surface area contributed by atoms with Crippen LogP contribution in [0.15, 0.2) is 67.0 Å². The van der Waals surface area contributed by atoms with E-state index in [2.05, 4.69) is 51.2 Å². The molecule has 218 valence electrons. The second-order valence-corrected chi connectivity index (χ2v) is 9.64. The molecule has 0 spiro atoms. The van der Waals surface area contributed by atoms with Crippen molar-refractivity contribution in [1.29, 1.82) is 0 Å². The number of aryl methyl sites for hydroxylation is 1. The van der Waals surface area contributed by atoms with E-state index in [1.54, 1.807) is 24.2 Å². The molecule has 1 unspecified atom stereocenters. The number of benzene rings is 2. The molecule has 1 saturated heterocycles. The van der Waals surface area contributed by atoms with Gasteiger partial charge in [0, 0.05) is 62.2 Å². The first-order valence-corrected chi connectivity index (χ1v) is 13.6. The highest BCUT2D eigenvalue weighted by molar-refractivity contribution is 5.68. The zero-order valence-electron chi connectivity index (χ0n) is 24.4. The van der Waals surface area contributed by atoms with Crippen LogP contribution in [0.5, 0.6) is 6.01 Å². The summed E-state index contributed by atoms with van der Waals surface area (Å²) in [7, 11) is 3.28. The van der Waals surface area contributed by atoms with Crippen LogP contribution >= 0.6 is 0 Å². The number of hydrogen-bond acceptors (Lipinski definition) is 9. The molecule has 5 rings (SSSR count). The Morgan fingerprint density at radius 1 is 1.00 bits per heavy atom. The minimum Gasteiger partial charge on any atom is -0.467 e. The summed E-state index contributed by atoms with van der Waals surface area (Å²) in [5.74, 6) is 1.07. The molecule has 2 atom stereocenters. The number of anilines is 1. The monoisotopic (exact) mass is 559 g/mol. The topological polar surface area (TPSA) is 134 Å². The van der Waals surface area contributed by atoms with Crippen LogP contribution in [-0.4, -0.2) is 77.9 Å². The lowest BCUT2D eigenvalue weighted by atomic mass is 9.90. The third-order valence-electron chi connectivity index (χ3n) is 7.14. The second kappa shape index (κ2) is 15.6. The first-order valence-electron chi connectivity index (χ1n) is 13.6. The van der Waals surface area contributed by atoms with Crippen LogP contribution in [0.3, 0.4) is 0 Å². The van der Waals surface area contributed by atoms with Gasteiger partial charge in [0.25, 0.3) is 0 Å². The van der Waals surface area contributed by atoms with E-state index in [1.807, 2.05) is 44.0 Å². The van der Waals surface area contributed by atoms with Gasteiger partial charge >= 0.3 is 6.01 Å². The highest BCUT2D eigenvalue weighted by atomic mass is 16.5. The molecule has 0 amide bonds. The first-order chi connectivity index (χ1) is 20.0. The zero-order chi connectivity index (χ0) is 29.8. The van der Waals surface area contributed by atoms with Gasteiger partial charge in [-0.25, -0.2) is 14.6 Å². The SMILES string of the molecule is C=O.CCc1ccccc1[C@@H]1CN(CCOC)CC1N.COc1ncc(-c2nn(-c3ccccc3)c(N)c2C)cn1. The van der Waals surface area contributed by atoms with Crippen molar-refractivity contribution in [2.75, 3.05) is 46.2 Å². The number of ether oxygens (including phenoxy) is 2. The Morgan fingerprint density at radius 2 is 1.66 bits per heavy atom.